The molecule has 1 saturated heterocycles. The summed E-state index contributed by atoms with van der Waals surface area (Å²) in [5.74, 6) is -0.317. The third-order valence-corrected chi connectivity index (χ3v) is 4.20. The monoisotopic (exact) mass is 275 g/mol. The molecule has 2 N–H and O–H groups in total. The van der Waals surface area contributed by atoms with Crippen LogP contribution in [0.1, 0.15) is 30.0 Å². The van der Waals surface area contributed by atoms with Crippen molar-refractivity contribution in [3.05, 3.63) is 29.1 Å². The van der Waals surface area contributed by atoms with Gasteiger partial charge in [-0.25, -0.2) is 4.39 Å². The zero-order valence-corrected chi connectivity index (χ0v) is 11.3. The van der Waals surface area contributed by atoms with E-state index >= 15 is 0 Å². The molecule has 3 rings (SSSR count). The summed E-state index contributed by atoms with van der Waals surface area (Å²) in [5.41, 5.74) is 0.468. The Morgan fingerprint density at radius 3 is 2.65 bits per heavy atom. The molecule has 1 aromatic carbocycles. The van der Waals surface area contributed by atoms with Crippen molar-refractivity contribution in [2.24, 2.45) is 5.92 Å². The maximum atomic E-state index is 13.5. The van der Waals surface area contributed by atoms with E-state index in [2.05, 4.69) is 10.2 Å². The van der Waals surface area contributed by atoms with Crippen molar-refractivity contribution in [1.29, 1.82) is 5.26 Å². The van der Waals surface area contributed by atoms with Crippen LogP contribution in [0.25, 0.3) is 0 Å². The summed E-state index contributed by atoms with van der Waals surface area (Å²) < 4.78 is 13.5. The van der Waals surface area contributed by atoms with Gasteiger partial charge in [0.1, 0.15) is 23.2 Å². The highest BCUT2D eigenvalue weighted by Gasteiger charge is 2.38. The summed E-state index contributed by atoms with van der Waals surface area (Å²) in [4.78, 5) is 2.34. The Balaban J connectivity index is 1.97. The Hall–Kier alpha value is -1.64. The van der Waals surface area contributed by atoms with Crippen LogP contribution in [0.3, 0.4) is 0 Å². The molecule has 1 heterocycles. The first-order valence-electron chi connectivity index (χ1n) is 7.08. The predicted octanol–water partition coefficient (Wildman–Crippen LogP) is 1.76. The molecule has 1 aliphatic heterocycles. The number of piperazine rings is 1. The van der Waals surface area contributed by atoms with Crippen molar-refractivity contribution in [3.8, 4) is 11.8 Å². The van der Waals surface area contributed by atoms with E-state index in [4.69, 9.17) is 5.26 Å². The van der Waals surface area contributed by atoms with Crippen molar-refractivity contribution in [1.82, 2.24) is 10.2 Å². The number of nitrogens with zero attached hydrogens (tertiary/aromatic N) is 2. The first-order valence-corrected chi connectivity index (χ1v) is 7.08. The lowest BCUT2D eigenvalue weighted by molar-refractivity contribution is 0.153. The minimum atomic E-state index is -0.649. The molecule has 4 nitrogen and oxygen atoms in total. The molecule has 106 valence electrons. The second kappa shape index (κ2) is 5.39. The topological polar surface area (TPSA) is 59.3 Å². The predicted molar refractivity (Wildman–Crippen MR) is 72.7 cm³/mol. The van der Waals surface area contributed by atoms with Gasteiger partial charge in [-0.1, -0.05) is 6.07 Å². The molecule has 0 bridgehead atoms. The molecule has 2 aliphatic rings. The van der Waals surface area contributed by atoms with Crippen molar-refractivity contribution in [3.63, 3.8) is 0 Å². The zero-order chi connectivity index (χ0) is 14.1. The van der Waals surface area contributed by atoms with Crippen LogP contribution in [0.4, 0.5) is 4.39 Å². The van der Waals surface area contributed by atoms with Gasteiger partial charge in [0.25, 0.3) is 0 Å². The number of benzene rings is 1. The van der Waals surface area contributed by atoms with Crippen LogP contribution >= 0.6 is 0 Å². The molecule has 5 heteroatoms. The van der Waals surface area contributed by atoms with Gasteiger partial charge >= 0.3 is 0 Å². The molecular formula is C15H18FN3O. The minimum absolute atomic E-state index is 0.102. The highest BCUT2D eigenvalue weighted by molar-refractivity contribution is 5.50. The lowest BCUT2D eigenvalue weighted by Crippen LogP contribution is -2.45. The zero-order valence-electron chi connectivity index (χ0n) is 11.3. The van der Waals surface area contributed by atoms with Crippen molar-refractivity contribution in [2.45, 2.75) is 18.9 Å². The Labute approximate surface area is 117 Å². The third kappa shape index (κ3) is 2.37. The van der Waals surface area contributed by atoms with Gasteiger partial charge in [-0.3, -0.25) is 4.90 Å². The Morgan fingerprint density at radius 2 is 2.05 bits per heavy atom. The standard InChI is InChI=1S/C15H18FN3O/c16-13-4-3-11(15(20)12(13)9-17)14(10-1-2-10)19-7-5-18-6-8-19/h3-4,10,14,18,20H,1-2,5-8H2/t14-/m0/s1. The molecular weight excluding hydrogens is 257 g/mol. The number of nitrogens with one attached hydrogen (secondary N) is 1. The van der Waals surface area contributed by atoms with Crippen molar-refractivity contribution in [2.75, 3.05) is 26.2 Å². The average molecular weight is 275 g/mol. The maximum Gasteiger partial charge on any atom is 0.144 e. The molecule has 0 amide bonds. The van der Waals surface area contributed by atoms with E-state index in [1.54, 1.807) is 12.1 Å². The normalized spacial score (nSPS) is 21.4. The fourth-order valence-corrected chi connectivity index (χ4v) is 3.05. The van der Waals surface area contributed by atoms with Crippen LogP contribution in [0.5, 0.6) is 5.75 Å². The lowest BCUT2D eigenvalue weighted by atomic mass is 9.96. The van der Waals surface area contributed by atoms with E-state index in [0.29, 0.717) is 11.5 Å². The second-order valence-electron chi connectivity index (χ2n) is 5.54. The summed E-state index contributed by atoms with van der Waals surface area (Å²) in [6, 6.07) is 4.80. The number of nitriles is 1. The summed E-state index contributed by atoms with van der Waals surface area (Å²) in [5, 5.41) is 22.5. The average Bonchev–Trinajstić information content (AvgIpc) is 3.28. The lowest BCUT2D eigenvalue weighted by Gasteiger charge is -2.35. The van der Waals surface area contributed by atoms with Gasteiger partial charge in [0, 0.05) is 37.8 Å². The molecule has 1 saturated carbocycles. The Morgan fingerprint density at radius 1 is 1.35 bits per heavy atom. The molecule has 0 spiro atoms. The number of halogens is 1. The fraction of sp³-hybridized carbons (Fsp3) is 0.533. The van der Waals surface area contributed by atoms with Gasteiger partial charge in [0.15, 0.2) is 0 Å². The molecule has 2 fully saturated rings. The van der Waals surface area contributed by atoms with Gasteiger partial charge in [-0.15, -0.1) is 0 Å². The summed E-state index contributed by atoms with van der Waals surface area (Å²) in [7, 11) is 0. The smallest absolute Gasteiger partial charge is 0.144 e. The van der Waals surface area contributed by atoms with Crippen LogP contribution in [-0.2, 0) is 0 Å². The highest BCUT2D eigenvalue weighted by atomic mass is 19.1. The molecule has 20 heavy (non-hydrogen) atoms. The number of hydrogen-bond acceptors (Lipinski definition) is 4. The van der Waals surface area contributed by atoms with E-state index in [1.165, 1.54) is 6.07 Å². The van der Waals surface area contributed by atoms with E-state index in [1.807, 2.05) is 0 Å². The van der Waals surface area contributed by atoms with Gasteiger partial charge in [0.05, 0.1) is 0 Å². The van der Waals surface area contributed by atoms with Crippen LogP contribution in [0.15, 0.2) is 12.1 Å². The van der Waals surface area contributed by atoms with Gasteiger partial charge in [-0.2, -0.15) is 5.26 Å². The van der Waals surface area contributed by atoms with E-state index in [-0.39, 0.29) is 17.4 Å². The maximum absolute atomic E-state index is 13.5. The van der Waals surface area contributed by atoms with Gasteiger partial charge < -0.3 is 10.4 Å². The van der Waals surface area contributed by atoms with Crippen LogP contribution < -0.4 is 5.32 Å². The van der Waals surface area contributed by atoms with Crippen LogP contribution in [-0.4, -0.2) is 36.2 Å². The van der Waals surface area contributed by atoms with E-state index < -0.39 is 5.82 Å². The number of phenolic OH excluding ortho intramolecular Hbond substituents is 1. The minimum Gasteiger partial charge on any atom is -0.506 e. The van der Waals surface area contributed by atoms with Crippen LogP contribution in [0.2, 0.25) is 0 Å². The molecule has 0 unspecified atom stereocenters. The van der Waals surface area contributed by atoms with E-state index in [9.17, 15) is 9.50 Å². The third-order valence-electron chi connectivity index (χ3n) is 4.20. The SMILES string of the molecule is N#Cc1c(F)ccc([C@H](C2CC2)N2CCNCC2)c1O. The number of aromatic hydroxyl groups is 1. The largest absolute Gasteiger partial charge is 0.506 e. The van der Waals surface area contributed by atoms with Gasteiger partial charge in [-0.05, 0) is 24.8 Å². The first-order chi connectivity index (χ1) is 9.72. The van der Waals surface area contributed by atoms with Gasteiger partial charge in [0.2, 0.25) is 0 Å². The molecule has 1 aromatic rings. The van der Waals surface area contributed by atoms with E-state index in [0.717, 1.165) is 39.0 Å². The summed E-state index contributed by atoms with van der Waals surface area (Å²) >= 11 is 0. The number of phenols is 1. The first kappa shape index (κ1) is 13.3. The second-order valence-corrected chi connectivity index (χ2v) is 5.54. The highest BCUT2D eigenvalue weighted by Crippen LogP contribution is 2.47. The quantitative estimate of drug-likeness (QED) is 0.882. The Kier molecular flexibility index (Phi) is 3.60. The molecule has 1 atom stereocenters. The summed E-state index contributed by atoms with van der Waals surface area (Å²) in [6.45, 7) is 3.69. The van der Waals surface area contributed by atoms with Crippen molar-refractivity contribution >= 4 is 0 Å². The summed E-state index contributed by atoms with van der Waals surface area (Å²) in [6.07, 6.45) is 2.26. The van der Waals surface area contributed by atoms with Crippen molar-refractivity contribution < 1.29 is 9.50 Å². The number of hydrogen-bond donors (Lipinski definition) is 2. The fourth-order valence-electron chi connectivity index (χ4n) is 3.05. The molecule has 0 aromatic heterocycles. The molecule has 1 aliphatic carbocycles. The van der Waals surface area contributed by atoms with Crippen LogP contribution in [0, 0.1) is 23.1 Å². The number of rotatable bonds is 3. The molecule has 0 radical (unpaired) electrons. The Bertz CT molecular complexity index is 545.